The van der Waals surface area contributed by atoms with Gasteiger partial charge in [-0.05, 0) is 12.8 Å². The van der Waals surface area contributed by atoms with E-state index in [1.54, 1.807) is 0 Å². The summed E-state index contributed by atoms with van der Waals surface area (Å²) in [6, 6.07) is -1.04. The van der Waals surface area contributed by atoms with Crippen molar-refractivity contribution in [2.45, 2.75) is 32.2 Å². The fourth-order valence-corrected chi connectivity index (χ4v) is 2.06. The second kappa shape index (κ2) is 3.57. The molecule has 0 unspecified atom stereocenters. The Kier molecular flexibility index (Phi) is 2.80. The summed E-state index contributed by atoms with van der Waals surface area (Å²) < 4.78 is 0. The Morgan fingerprint density at radius 1 is 1.57 bits per heavy atom. The van der Waals surface area contributed by atoms with Gasteiger partial charge in [-0.3, -0.25) is 9.59 Å². The predicted octanol–water partition coefficient (Wildman–Crippen LogP) is 0.289. The van der Waals surface area contributed by atoms with E-state index in [2.05, 4.69) is 0 Å². The molecule has 0 aromatic carbocycles. The molecule has 0 amide bonds. The highest BCUT2D eigenvalue weighted by Gasteiger charge is 2.63. The van der Waals surface area contributed by atoms with Gasteiger partial charge >= 0.3 is 11.9 Å². The number of hydrogen-bond acceptors (Lipinski definition) is 3. The molecule has 1 aliphatic rings. The molecule has 0 aliphatic heterocycles. The van der Waals surface area contributed by atoms with Gasteiger partial charge in [-0.2, -0.15) is 0 Å². The van der Waals surface area contributed by atoms with Crippen LogP contribution in [0.15, 0.2) is 0 Å². The first-order chi connectivity index (χ1) is 6.45. The molecule has 5 heteroatoms. The van der Waals surface area contributed by atoms with E-state index in [9.17, 15) is 9.59 Å². The average Bonchev–Trinajstić information content (AvgIpc) is 2.80. The van der Waals surface area contributed by atoms with Crippen molar-refractivity contribution in [1.82, 2.24) is 0 Å². The van der Waals surface area contributed by atoms with Gasteiger partial charge in [0.2, 0.25) is 0 Å². The van der Waals surface area contributed by atoms with E-state index in [1.807, 2.05) is 6.92 Å². The normalized spacial score (nSPS) is 32.3. The van der Waals surface area contributed by atoms with Crippen LogP contribution >= 0.6 is 0 Å². The van der Waals surface area contributed by atoms with E-state index in [1.165, 1.54) is 0 Å². The third kappa shape index (κ3) is 1.59. The number of aliphatic carboxylic acids is 2. The van der Waals surface area contributed by atoms with Crippen LogP contribution in [0.25, 0.3) is 0 Å². The molecule has 80 valence electrons. The first kappa shape index (κ1) is 11.0. The molecule has 3 atom stereocenters. The summed E-state index contributed by atoms with van der Waals surface area (Å²) in [5.74, 6) is -2.44. The minimum atomic E-state index is -1.12. The van der Waals surface area contributed by atoms with Crippen molar-refractivity contribution in [2.24, 2.45) is 17.1 Å². The van der Waals surface area contributed by atoms with Gasteiger partial charge in [-0.25, -0.2) is 0 Å². The van der Waals surface area contributed by atoms with E-state index in [0.717, 1.165) is 6.42 Å². The number of nitrogens with two attached hydrogens (primary N) is 1. The lowest BCUT2D eigenvalue weighted by molar-refractivity contribution is -0.145. The van der Waals surface area contributed by atoms with Crippen LogP contribution in [0.3, 0.4) is 0 Å². The third-order valence-corrected chi connectivity index (χ3v) is 2.97. The summed E-state index contributed by atoms with van der Waals surface area (Å²) in [7, 11) is 0. The van der Waals surface area contributed by atoms with Crippen LogP contribution in [0, 0.1) is 11.3 Å². The lowest BCUT2D eigenvalue weighted by Gasteiger charge is -2.12. The average molecular weight is 201 g/mol. The second-order valence-corrected chi connectivity index (χ2v) is 3.89. The number of hydrogen-bond donors (Lipinski definition) is 3. The molecule has 1 fully saturated rings. The molecule has 0 aromatic heterocycles. The van der Waals surface area contributed by atoms with Crippen molar-refractivity contribution < 1.29 is 19.8 Å². The van der Waals surface area contributed by atoms with Crippen molar-refractivity contribution in [3.8, 4) is 0 Å². The Morgan fingerprint density at radius 2 is 2.14 bits per heavy atom. The van der Waals surface area contributed by atoms with Crippen LogP contribution in [0.4, 0.5) is 0 Å². The number of carbonyl (C=O) groups is 2. The Balaban J connectivity index is 2.70. The van der Waals surface area contributed by atoms with Crippen LogP contribution in [-0.4, -0.2) is 28.2 Å². The van der Waals surface area contributed by atoms with Gasteiger partial charge in [0.15, 0.2) is 0 Å². The molecule has 0 spiro atoms. The van der Waals surface area contributed by atoms with Crippen molar-refractivity contribution in [3.63, 3.8) is 0 Å². The topological polar surface area (TPSA) is 101 Å². The number of carboxylic acids is 2. The van der Waals surface area contributed by atoms with Crippen LogP contribution in [0.2, 0.25) is 0 Å². The van der Waals surface area contributed by atoms with Crippen molar-refractivity contribution in [3.05, 3.63) is 0 Å². The maximum absolute atomic E-state index is 11.0. The van der Waals surface area contributed by atoms with Gasteiger partial charge in [0.05, 0.1) is 5.41 Å². The van der Waals surface area contributed by atoms with Gasteiger partial charge in [-0.1, -0.05) is 13.3 Å². The largest absolute Gasteiger partial charge is 0.481 e. The Bertz CT molecular complexity index is 266. The zero-order valence-corrected chi connectivity index (χ0v) is 8.06. The van der Waals surface area contributed by atoms with Gasteiger partial charge in [0.1, 0.15) is 6.04 Å². The molecule has 5 nitrogen and oxygen atoms in total. The molecule has 1 rings (SSSR count). The Labute approximate surface area is 81.9 Å². The Hall–Kier alpha value is -1.10. The summed E-state index contributed by atoms with van der Waals surface area (Å²) >= 11 is 0. The fourth-order valence-electron chi connectivity index (χ4n) is 2.06. The van der Waals surface area contributed by atoms with E-state index in [4.69, 9.17) is 15.9 Å². The molecule has 0 bridgehead atoms. The van der Waals surface area contributed by atoms with Gasteiger partial charge in [0.25, 0.3) is 0 Å². The van der Waals surface area contributed by atoms with Crippen molar-refractivity contribution in [2.75, 3.05) is 0 Å². The lowest BCUT2D eigenvalue weighted by atomic mass is 9.95. The summed E-state index contributed by atoms with van der Waals surface area (Å²) in [5.41, 5.74) is 4.53. The zero-order chi connectivity index (χ0) is 10.9. The molecule has 4 N–H and O–H groups in total. The van der Waals surface area contributed by atoms with E-state index < -0.39 is 29.3 Å². The highest BCUT2D eigenvalue weighted by atomic mass is 16.4. The van der Waals surface area contributed by atoms with Gasteiger partial charge in [0, 0.05) is 5.92 Å². The van der Waals surface area contributed by atoms with Crippen LogP contribution in [-0.2, 0) is 9.59 Å². The molecule has 0 radical (unpaired) electrons. The van der Waals surface area contributed by atoms with Crippen LogP contribution < -0.4 is 5.73 Å². The highest BCUT2D eigenvalue weighted by Crippen LogP contribution is 2.57. The first-order valence-electron chi connectivity index (χ1n) is 4.67. The predicted molar refractivity (Wildman–Crippen MR) is 48.7 cm³/mol. The standard InChI is InChI=1S/C9H15NO4/c1-2-3-9(8(13)14)4-5(9)6(10)7(11)12/h5-6H,2-4,10H2,1H3,(H,11,12)(H,13,14)/t5-,6-,9-/m0/s1. The van der Waals surface area contributed by atoms with Crippen molar-refractivity contribution >= 4 is 11.9 Å². The molecule has 0 aromatic rings. The van der Waals surface area contributed by atoms with E-state index in [-0.39, 0.29) is 0 Å². The molecule has 1 saturated carbocycles. The summed E-state index contributed by atoms with van der Waals surface area (Å²) in [5, 5.41) is 17.6. The Morgan fingerprint density at radius 3 is 2.50 bits per heavy atom. The number of carboxylic acid groups (broad SMARTS) is 2. The van der Waals surface area contributed by atoms with E-state index >= 15 is 0 Å². The molecule has 0 heterocycles. The second-order valence-electron chi connectivity index (χ2n) is 3.89. The molecular formula is C9H15NO4. The molecule has 1 aliphatic carbocycles. The smallest absolute Gasteiger partial charge is 0.320 e. The van der Waals surface area contributed by atoms with Gasteiger partial charge in [-0.15, -0.1) is 0 Å². The van der Waals surface area contributed by atoms with Crippen LogP contribution in [0.5, 0.6) is 0 Å². The summed E-state index contributed by atoms with van der Waals surface area (Å²) in [6.45, 7) is 1.88. The lowest BCUT2D eigenvalue weighted by Crippen LogP contribution is -2.36. The molecule has 0 saturated heterocycles. The maximum atomic E-state index is 11.0. The minimum absolute atomic E-state index is 0.393. The highest BCUT2D eigenvalue weighted by molar-refractivity contribution is 5.82. The monoisotopic (exact) mass is 201 g/mol. The number of rotatable bonds is 5. The maximum Gasteiger partial charge on any atom is 0.320 e. The van der Waals surface area contributed by atoms with E-state index in [0.29, 0.717) is 12.8 Å². The zero-order valence-electron chi connectivity index (χ0n) is 8.06. The molecular weight excluding hydrogens is 186 g/mol. The van der Waals surface area contributed by atoms with Crippen LogP contribution in [0.1, 0.15) is 26.2 Å². The first-order valence-corrected chi connectivity index (χ1v) is 4.67. The summed E-state index contributed by atoms with van der Waals surface area (Å²) in [6.07, 6.45) is 1.63. The van der Waals surface area contributed by atoms with Crippen molar-refractivity contribution in [1.29, 1.82) is 0 Å². The summed E-state index contributed by atoms with van der Waals surface area (Å²) in [4.78, 5) is 21.5. The minimum Gasteiger partial charge on any atom is -0.481 e. The van der Waals surface area contributed by atoms with Gasteiger partial charge < -0.3 is 15.9 Å². The fraction of sp³-hybridized carbons (Fsp3) is 0.778. The molecule has 14 heavy (non-hydrogen) atoms. The SMILES string of the molecule is CCC[C@]1(C(=O)O)C[C@H]1[C@H](N)C(=O)O. The quantitative estimate of drug-likeness (QED) is 0.593. The third-order valence-electron chi connectivity index (χ3n) is 2.97.